The summed E-state index contributed by atoms with van der Waals surface area (Å²) in [5.74, 6) is -1.46. The fraction of sp³-hybridized carbons (Fsp3) is 0.320. The number of carboxylic acids is 1. The number of nitrogens with two attached hydrogens (primary N) is 1. The highest BCUT2D eigenvalue weighted by Gasteiger charge is 2.51. The predicted molar refractivity (Wildman–Crippen MR) is 135 cm³/mol. The van der Waals surface area contributed by atoms with Crippen molar-refractivity contribution in [3.05, 3.63) is 63.9 Å². The fourth-order valence-electron chi connectivity index (χ4n) is 5.12. The van der Waals surface area contributed by atoms with Crippen LogP contribution in [0.5, 0.6) is 0 Å². The maximum Gasteiger partial charge on any atom is 0.335 e. The SMILES string of the molecule is CN1CCC(N(C)C(=O)C2(c3c(N)c4ccccc4[nH]c3=O)Nc3ccc(C(=O)O)cc3N2)CC1. The molecule has 0 spiro atoms. The molecule has 1 atom stereocenters. The van der Waals surface area contributed by atoms with Gasteiger partial charge < -0.3 is 36.3 Å². The molecular formula is C25H28N6O4. The normalized spacial score (nSPS) is 20.2. The number of amides is 1. The Morgan fingerprint density at radius 3 is 2.51 bits per heavy atom. The number of anilines is 3. The number of likely N-dealkylation sites (tertiary alicyclic amines) is 1. The number of piperidine rings is 1. The molecule has 182 valence electrons. The molecule has 3 heterocycles. The number of nitrogens with zero attached hydrogens (tertiary/aromatic N) is 2. The van der Waals surface area contributed by atoms with E-state index in [0.29, 0.717) is 22.3 Å². The predicted octanol–water partition coefficient (Wildman–Crippen LogP) is 2.05. The van der Waals surface area contributed by atoms with Crippen LogP contribution >= 0.6 is 0 Å². The topological polar surface area (TPSA) is 144 Å². The number of benzene rings is 2. The summed E-state index contributed by atoms with van der Waals surface area (Å²) in [4.78, 5) is 46.0. The van der Waals surface area contributed by atoms with Crippen molar-refractivity contribution in [2.45, 2.75) is 24.5 Å². The van der Waals surface area contributed by atoms with Crippen molar-refractivity contribution >= 4 is 39.8 Å². The van der Waals surface area contributed by atoms with E-state index in [2.05, 4.69) is 20.5 Å². The van der Waals surface area contributed by atoms with Crippen LogP contribution in [0, 0.1) is 0 Å². The van der Waals surface area contributed by atoms with Crippen LogP contribution < -0.4 is 21.9 Å². The number of rotatable bonds is 4. The molecule has 1 amide bonds. The molecule has 5 rings (SSSR count). The summed E-state index contributed by atoms with van der Waals surface area (Å²) in [6.07, 6.45) is 1.60. The number of carboxylic acid groups (broad SMARTS) is 1. The zero-order valence-electron chi connectivity index (χ0n) is 19.6. The third-order valence-electron chi connectivity index (χ3n) is 7.12. The number of aromatic carboxylic acids is 1. The maximum atomic E-state index is 14.2. The van der Waals surface area contributed by atoms with Crippen molar-refractivity contribution in [2.24, 2.45) is 0 Å². The van der Waals surface area contributed by atoms with Crippen molar-refractivity contribution in [1.29, 1.82) is 0 Å². The van der Waals surface area contributed by atoms with Gasteiger partial charge in [0.15, 0.2) is 0 Å². The standard InChI is InChI=1S/C25H28N6O4/c1-30-11-9-15(10-12-30)31(2)24(35)25(28-18-8-7-14(23(33)34)13-19(18)29-25)20-21(26)16-5-3-4-6-17(16)27-22(20)32/h3-8,13,15,28-29H,9-12H2,1-2H3,(H,33,34)(H3,26,27,32). The Bertz CT molecular complexity index is 1390. The number of fused-ring (bicyclic) bond motifs is 2. The van der Waals surface area contributed by atoms with Gasteiger partial charge in [0, 0.05) is 18.5 Å². The second kappa shape index (κ2) is 8.31. The highest BCUT2D eigenvalue weighted by atomic mass is 16.4. The third-order valence-corrected chi connectivity index (χ3v) is 7.12. The average molecular weight is 477 g/mol. The molecule has 2 aliphatic rings. The van der Waals surface area contributed by atoms with Crippen molar-refractivity contribution in [2.75, 3.05) is 43.6 Å². The van der Waals surface area contributed by atoms with E-state index in [4.69, 9.17) is 5.73 Å². The van der Waals surface area contributed by atoms with Gasteiger partial charge in [0.2, 0.25) is 5.66 Å². The molecule has 6 N–H and O–H groups in total. The molecule has 1 saturated heterocycles. The summed E-state index contributed by atoms with van der Waals surface area (Å²) >= 11 is 0. The first-order valence-corrected chi connectivity index (χ1v) is 11.5. The number of aromatic nitrogens is 1. The highest BCUT2D eigenvalue weighted by molar-refractivity contribution is 6.03. The first-order valence-electron chi connectivity index (χ1n) is 11.5. The number of likely N-dealkylation sites (N-methyl/N-ethyl adjacent to an activating group) is 1. The van der Waals surface area contributed by atoms with E-state index in [1.807, 2.05) is 13.1 Å². The summed E-state index contributed by atoms with van der Waals surface area (Å²) in [5, 5.41) is 16.4. The van der Waals surface area contributed by atoms with Crippen LogP contribution in [0.4, 0.5) is 17.1 Å². The summed E-state index contributed by atoms with van der Waals surface area (Å²) in [7, 11) is 3.78. The van der Waals surface area contributed by atoms with E-state index in [1.54, 1.807) is 36.2 Å². The Kier molecular flexibility index (Phi) is 5.40. The number of nitrogens with one attached hydrogen (secondary N) is 3. The first-order chi connectivity index (χ1) is 16.7. The molecule has 2 aliphatic heterocycles. The van der Waals surface area contributed by atoms with Gasteiger partial charge in [-0.25, -0.2) is 4.79 Å². The lowest BCUT2D eigenvalue weighted by molar-refractivity contribution is -0.137. The molecule has 1 unspecified atom stereocenters. The molecule has 35 heavy (non-hydrogen) atoms. The molecule has 1 fully saturated rings. The summed E-state index contributed by atoms with van der Waals surface area (Å²) in [6, 6.07) is 11.6. The molecular weight excluding hydrogens is 448 g/mol. The Morgan fingerprint density at radius 2 is 1.80 bits per heavy atom. The van der Waals surface area contributed by atoms with Crippen LogP contribution in [0.1, 0.15) is 28.8 Å². The molecule has 0 bridgehead atoms. The lowest BCUT2D eigenvalue weighted by Gasteiger charge is -2.40. The Balaban J connectivity index is 1.66. The number of nitrogen functional groups attached to an aromatic ring is 1. The van der Waals surface area contributed by atoms with Crippen LogP contribution in [-0.4, -0.2) is 65.0 Å². The van der Waals surface area contributed by atoms with Gasteiger partial charge in [0.05, 0.1) is 33.7 Å². The third kappa shape index (κ3) is 3.66. The van der Waals surface area contributed by atoms with Gasteiger partial charge in [0.25, 0.3) is 11.5 Å². The first kappa shape index (κ1) is 22.7. The molecule has 0 aliphatic carbocycles. The number of aromatic amines is 1. The lowest BCUT2D eigenvalue weighted by Crippen LogP contribution is -2.58. The van der Waals surface area contributed by atoms with Gasteiger partial charge in [-0.2, -0.15) is 0 Å². The minimum absolute atomic E-state index is 0.0155. The second-order valence-electron chi connectivity index (χ2n) is 9.30. The van der Waals surface area contributed by atoms with Crippen molar-refractivity contribution in [3.8, 4) is 0 Å². The van der Waals surface area contributed by atoms with E-state index in [-0.39, 0.29) is 28.8 Å². The zero-order valence-corrected chi connectivity index (χ0v) is 19.6. The number of pyridine rings is 1. The van der Waals surface area contributed by atoms with E-state index in [9.17, 15) is 19.5 Å². The minimum atomic E-state index is -1.71. The monoisotopic (exact) mass is 476 g/mol. The highest BCUT2D eigenvalue weighted by Crippen LogP contribution is 2.43. The Hall–Kier alpha value is -4.05. The molecule has 1 aromatic heterocycles. The number of hydrogen-bond donors (Lipinski definition) is 5. The van der Waals surface area contributed by atoms with Crippen molar-refractivity contribution < 1.29 is 14.7 Å². The van der Waals surface area contributed by atoms with E-state index < -0.39 is 17.2 Å². The maximum absolute atomic E-state index is 14.2. The number of carbonyl (C=O) groups excluding carboxylic acids is 1. The molecule has 10 nitrogen and oxygen atoms in total. The van der Waals surface area contributed by atoms with Gasteiger partial charge in [-0.15, -0.1) is 0 Å². The van der Waals surface area contributed by atoms with E-state index in [0.717, 1.165) is 25.9 Å². The molecule has 0 radical (unpaired) electrons. The van der Waals surface area contributed by atoms with Gasteiger partial charge in [-0.05, 0) is 57.2 Å². The van der Waals surface area contributed by atoms with Crippen LogP contribution in [0.15, 0.2) is 47.3 Å². The van der Waals surface area contributed by atoms with Crippen LogP contribution in [-0.2, 0) is 10.5 Å². The quantitative estimate of drug-likeness (QED) is 0.385. The van der Waals surface area contributed by atoms with Crippen LogP contribution in [0.3, 0.4) is 0 Å². The smallest absolute Gasteiger partial charge is 0.335 e. The molecule has 2 aromatic carbocycles. The van der Waals surface area contributed by atoms with E-state index >= 15 is 0 Å². The largest absolute Gasteiger partial charge is 0.478 e. The molecule has 10 heteroatoms. The average Bonchev–Trinajstić information content (AvgIpc) is 3.23. The van der Waals surface area contributed by atoms with Crippen molar-refractivity contribution in [1.82, 2.24) is 14.8 Å². The number of carbonyl (C=O) groups is 2. The van der Waals surface area contributed by atoms with Gasteiger partial charge in [-0.3, -0.25) is 9.59 Å². The second-order valence-corrected chi connectivity index (χ2v) is 9.30. The fourth-order valence-corrected chi connectivity index (χ4v) is 5.12. The minimum Gasteiger partial charge on any atom is -0.478 e. The lowest BCUT2D eigenvalue weighted by atomic mass is 9.94. The van der Waals surface area contributed by atoms with Crippen LogP contribution in [0.2, 0.25) is 0 Å². The molecule has 0 saturated carbocycles. The Labute approximate surface area is 201 Å². The van der Waals surface area contributed by atoms with Gasteiger partial charge >= 0.3 is 5.97 Å². The number of hydrogen-bond acceptors (Lipinski definition) is 7. The van der Waals surface area contributed by atoms with Crippen molar-refractivity contribution in [3.63, 3.8) is 0 Å². The van der Waals surface area contributed by atoms with Crippen LogP contribution in [0.25, 0.3) is 10.9 Å². The van der Waals surface area contributed by atoms with Gasteiger partial charge in [0.1, 0.15) is 0 Å². The Morgan fingerprint density at radius 1 is 1.11 bits per heavy atom. The van der Waals surface area contributed by atoms with Gasteiger partial charge in [-0.1, -0.05) is 18.2 Å². The number of H-pyrrole nitrogens is 1. The zero-order chi connectivity index (χ0) is 24.9. The summed E-state index contributed by atoms with van der Waals surface area (Å²) in [5.41, 5.74) is 6.12. The molecule has 3 aromatic rings. The van der Waals surface area contributed by atoms with E-state index in [1.165, 1.54) is 12.1 Å². The number of para-hydroxylation sites is 1. The summed E-state index contributed by atoms with van der Waals surface area (Å²) in [6.45, 7) is 1.72. The summed E-state index contributed by atoms with van der Waals surface area (Å²) < 4.78 is 0.